The standard InChI is InChI=1S/C16H23NO/c1-17-10-14-2-3-15(18-14)16-7-11-4-12(8-16)6-13(5-11)9-16/h2-3,11-13,17H,4-10H2,1H3. The second-order valence-electron chi connectivity index (χ2n) is 6.99. The third-order valence-corrected chi connectivity index (χ3v) is 5.57. The first-order valence-electron chi connectivity index (χ1n) is 7.51. The molecule has 0 amide bonds. The van der Waals surface area contributed by atoms with Gasteiger partial charge in [-0.25, -0.2) is 0 Å². The van der Waals surface area contributed by atoms with Crippen LogP contribution in [0.1, 0.15) is 50.0 Å². The summed E-state index contributed by atoms with van der Waals surface area (Å²) in [5, 5.41) is 3.18. The van der Waals surface area contributed by atoms with Crippen molar-refractivity contribution in [1.29, 1.82) is 0 Å². The number of nitrogens with one attached hydrogen (secondary N) is 1. The average molecular weight is 245 g/mol. The van der Waals surface area contributed by atoms with Crippen molar-refractivity contribution in [2.75, 3.05) is 7.05 Å². The molecule has 0 radical (unpaired) electrons. The maximum atomic E-state index is 6.15. The Morgan fingerprint density at radius 2 is 1.72 bits per heavy atom. The van der Waals surface area contributed by atoms with E-state index >= 15 is 0 Å². The molecule has 5 rings (SSSR count). The summed E-state index contributed by atoms with van der Waals surface area (Å²) < 4.78 is 6.15. The molecule has 0 unspecified atom stereocenters. The van der Waals surface area contributed by atoms with Crippen LogP contribution in [-0.4, -0.2) is 7.05 Å². The van der Waals surface area contributed by atoms with E-state index in [0.29, 0.717) is 5.41 Å². The van der Waals surface area contributed by atoms with E-state index in [0.717, 1.165) is 30.1 Å². The van der Waals surface area contributed by atoms with Crippen molar-refractivity contribution in [3.8, 4) is 0 Å². The third kappa shape index (κ3) is 1.58. The predicted molar refractivity (Wildman–Crippen MR) is 71.3 cm³/mol. The largest absolute Gasteiger partial charge is 0.464 e. The second-order valence-corrected chi connectivity index (χ2v) is 6.99. The summed E-state index contributed by atoms with van der Waals surface area (Å²) in [6.07, 6.45) is 8.69. The minimum absolute atomic E-state index is 0.417. The van der Waals surface area contributed by atoms with E-state index in [4.69, 9.17) is 4.42 Å². The lowest BCUT2D eigenvalue weighted by Crippen LogP contribution is -2.48. The first-order valence-corrected chi connectivity index (χ1v) is 7.51. The van der Waals surface area contributed by atoms with Crippen LogP contribution < -0.4 is 5.32 Å². The summed E-state index contributed by atoms with van der Waals surface area (Å²) in [5.74, 6) is 5.38. The molecule has 0 spiro atoms. The van der Waals surface area contributed by atoms with Crippen LogP contribution >= 0.6 is 0 Å². The Morgan fingerprint density at radius 1 is 1.11 bits per heavy atom. The van der Waals surface area contributed by atoms with Gasteiger partial charge in [-0.15, -0.1) is 0 Å². The molecule has 4 aliphatic carbocycles. The summed E-state index contributed by atoms with van der Waals surface area (Å²) >= 11 is 0. The highest BCUT2D eigenvalue weighted by Crippen LogP contribution is 2.60. The third-order valence-electron chi connectivity index (χ3n) is 5.57. The molecule has 4 saturated carbocycles. The molecule has 1 N–H and O–H groups in total. The molecule has 4 aliphatic rings. The predicted octanol–water partition coefficient (Wildman–Crippen LogP) is 3.47. The van der Waals surface area contributed by atoms with Crippen LogP contribution in [0.2, 0.25) is 0 Å². The topological polar surface area (TPSA) is 25.2 Å². The normalized spacial score (nSPS) is 41.5. The molecular weight excluding hydrogens is 222 g/mol. The summed E-state index contributed by atoms with van der Waals surface area (Å²) in [6, 6.07) is 4.43. The molecule has 2 heteroatoms. The van der Waals surface area contributed by atoms with Crippen LogP contribution in [0.15, 0.2) is 16.5 Å². The summed E-state index contributed by atoms with van der Waals surface area (Å²) in [4.78, 5) is 0. The molecule has 1 heterocycles. The minimum Gasteiger partial charge on any atom is -0.464 e. The van der Waals surface area contributed by atoms with Crippen molar-refractivity contribution in [3.05, 3.63) is 23.7 Å². The average Bonchev–Trinajstić information content (AvgIpc) is 2.77. The fraction of sp³-hybridized carbons (Fsp3) is 0.750. The van der Waals surface area contributed by atoms with E-state index < -0.39 is 0 Å². The van der Waals surface area contributed by atoms with Crippen molar-refractivity contribution in [2.24, 2.45) is 17.8 Å². The van der Waals surface area contributed by atoms with Gasteiger partial charge in [0.25, 0.3) is 0 Å². The Labute approximate surface area is 109 Å². The maximum Gasteiger partial charge on any atom is 0.117 e. The van der Waals surface area contributed by atoms with Crippen LogP contribution in [0.3, 0.4) is 0 Å². The lowest BCUT2D eigenvalue weighted by atomic mass is 9.49. The molecule has 18 heavy (non-hydrogen) atoms. The molecule has 4 bridgehead atoms. The Bertz CT molecular complexity index is 412. The van der Waals surface area contributed by atoms with Crippen molar-refractivity contribution < 1.29 is 4.42 Å². The molecule has 0 aromatic carbocycles. The van der Waals surface area contributed by atoms with Gasteiger partial charge in [0, 0.05) is 5.41 Å². The van der Waals surface area contributed by atoms with Crippen LogP contribution in [0.25, 0.3) is 0 Å². The molecule has 98 valence electrons. The number of hydrogen-bond acceptors (Lipinski definition) is 2. The molecule has 2 nitrogen and oxygen atoms in total. The highest BCUT2D eigenvalue weighted by Gasteiger charge is 2.53. The summed E-state index contributed by atoms with van der Waals surface area (Å²) in [6.45, 7) is 0.854. The van der Waals surface area contributed by atoms with E-state index in [1.807, 2.05) is 7.05 Å². The lowest BCUT2D eigenvalue weighted by Gasteiger charge is -2.55. The molecular formula is C16H23NO. The van der Waals surface area contributed by atoms with Gasteiger partial charge in [-0.2, -0.15) is 0 Å². The van der Waals surface area contributed by atoms with E-state index in [1.54, 1.807) is 0 Å². The van der Waals surface area contributed by atoms with Gasteiger partial charge in [-0.3, -0.25) is 0 Å². The van der Waals surface area contributed by atoms with Gasteiger partial charge in [0.1, 0.15) is 11.5 Å². The summed E-state index contributed by atoms with van der Waals surface area (Å²) in [7, 11) is 1.98. The van der Waals surface area contributed by atoms with Crippen LogP contribution in [-0.2, 0) is 12.0 Å². The quantitative estimate of drug-likeness (QED) is 0.882. The van der Waals surface area contributed by atoms with Gasteiger partial charge >= 0.3 is 0 Å². The van der Waals surface area contributed by atoms with Crippen LogP contribution in [0.4, 0.5) is 0 Å². The first-order chi connectivity index (χ1) is 8.77. The Morgan fingerprint density at radius 3 is 2.28 bits per heavy atom. The minimum atomic E-state index is 0.417. The van der Waals surface area contributed by atoms with Gasteiger partial charge in [-0.05, 0) is 75.5 Å². The van der Waals surface area contributed by atoms with E-state index in [1.165, 1.54) is 44.3 Å². The van der Waals surface area contributed by atoms with Crippen LogP contribution in [0.5, 0.6) is 0 Å². The van der Waals surface area contributed by atoms with Gasteiger partial charge in [0.2, 0.25) is 0 Å². The fourth-order valence-corrected chi connectivity index (χ4v) is 5.34. The number of furan rings is 1. The highest BCUT2D eigenvalue weighted by atomic mass is 16.3. The van der Waals surface area contributed by atoms with Gasteiger partial charge < -0.3 is 9.73 Å². The molecule has 1 aromatic heterocycles. The monoisotopic (exact) mass is 245 g/mol. The Kier molecular flexibility index (Phi) is 2.38. The molecule has 1 aromatic rings. The Balaban J connectivity index is 1.66. The van der Waals surface area contributed by atoms with Crippen LogP contribution in [0, 0.1) is 17.8 Å². The molecule has 0 saturated heterocycles. The van der Waals surface area contributed by atoms with Gasteiger partial charge in [0.05, 0.1) is 6.54 Å². The zero-order chi connectivity index (χ0) is 12.2. The maximum absolute atomic E-state index is 6.15. The number of hydrogen-bond donors (Lipinski definition) is 1. The Hall–Kier alpha value is -0.760. The van der Waals surface area contributed by atoms with Crippen molar-refractivity contribution in [3.63, 3.8) is 0 Å². The first kappa shape index (κ1) is 11.1. The van der Waals surface area contributed by atoms with E-state index in [-0.39, 0.29) is 0 Å². The fourth-order valence-electron chi connectivity index (χ4n) is 5.34. The van der Waals surface area contributed by atoms with Crippen molar-refractivity contribution >= 4 is 0 Å². The van der Waals surface area contributed by atoms with E-state index in [2.05, 4.69) is 17.4 Å². The smallest absolute Gasteiger partial charge is 0.117 e. The SMILES string of the molecule is CNCc1ccc(C23CC4CC(CC(C4)C2)C3)o1. The summed E-state index contributed by atoms with van der Waals surface area (Å²) in [5.41, 5.74) is 0.417. The molecule has 0 atom stereocenters. The van der Waals surface area contributed by atoms with Crippen molar-refractivity contribution in [2.45, 2.75) is 50.5 Å². The van der Waals surface area contributed by atoms with Gasteiger partial charge in [-0.1, -0.05) is 0 Å². The molecule has 4 fully saturated rings. The lowest BCUT2D eigenvalue weighted by molar-refractivity contribution is -0.0156. The van der Waals surface area contributed by atoms with E-state index in [9.17, 15) is 0 Å². The van der Waals surface area contributed by atoms with Gasteiger partial charge in [0.15, 0.2) is 0 Å². The second kappa shape index (κ2) is 3.86. The zero-order valence-electron chi connectivity index (χ0n) is 11.2. The van der Waals surface area contributed by atoms with Crippen molar-refractivity contribution in [1.82, 2.24) is 5.32 Å². The zero-order valence-corrected chi connectivity index (χ0v) is 11.2. The highest BCUT2D eigenvalue weighted by molar-refractivity contribution is 5.22. The molecule has 0 aliphatic heterocycles. The number of rotatable bonds is 3.